The van der Waals surface area contributed by atoms with E-state index in [1.54, 1.807) is 17.0 Å². The highest BCUT2D eigenvalue weighted by atomic mass is 79.9. The second-order valence-corrected chi connectivity index (χ2v) is 7.95. The van der Waals surface area contributed by atoms with Crippen molar-refractivity contribution in [2.75, 3.05) is 13.1 Å². The molecule has 0 bridgehead atoms. The number of nitrogens with two attached hydrogens (primary N) is 1. The summed E-state index contributed by atoms with van der Waals surface area (Å²) in [5.74, 6) is -0.0757. The minimum Gasteiger partial charge on any atom is -0.340 e. The van der Waals surface area contributed by atoms with E-state index in [4.69, 9.17) is 5.73 Å². The van der Waals surface area contributed by atoms with Crippen LogP contribution in [0.2, 0.25) is 0 Å². The Morgan fingerprint density at radius 2 is 2.21 bits per heavy atom. The molecular formula is C17H21BrN4O2. The molecule has 1 aliphatic heterocycles. The van der Waals surface area contributed by atoms with Crippen LogP contribution in [0.25, 0.3) is 10.9 Å². The van der Waals surface area contributed by atoms with Gasteiger partial charge in [0.05, 0.1) is 17.2 Å². The minimum absolute atomic E-state index is 0.000392. The van der Waals surface area contributed by atoms with Crippen molar-refractivity contribution < 1.29 is 4.79 Å². The van der Waals surface area contributed by atoms with E-state index in [9.17, 15) is 9.59 Å². The highest BCUT2D eigenvalue weighted by Crippen LogP contribution is 2.27. The molecule has 2 N–H and O–H groups in total. The first-order valence-corrected chi connectivity index (χ1v) is 8.75. The van der Waals surface area contributed by atoms with Gasteiger partial charge >= 0.3 is 0 Å². The second-order valence-electron chi connectivity index (χ2n) is 7.04. The van der Waals surface area contributed by atoms with Crippen molar-refractivity contribution >= 4 is 32.7 Å². The Bertz CT molecular complexity index is 846. The first kappa shape index (κ1) is 17.1. The van der Waals surface area contributed by atoms with E-state index < -0.39 is 0 Å². The number of piperidine rings is 1. The van der Waals surface area contributed by atoms with Gasteiger partial charge in [0.25, 0.3) is 5.56 Å². The lowest BCUT2D eigenvalue weighted by Crippen LogP contribution is -2.54. The number of carbonyl (C=O) groups is 1. The molecule has 0 spiro atoms. The van der Waals surface area contributed by atoms with Gasteiger partial charge in [-0.1, -0.05) is 29.8 Å². The van der Waals surface area contributed by atoms with Crippen LogP contribution in [0, 0.1) is 5.41 Å². The molecule has 0 radical (unpaired) electrons. The van der Waals surface area contributed by atoms with Gasteiger partial charge in [0.1, 0.15) is 6.54 Å². The van der Waals surface area contributed by atoms with Crippen LogP contribution in [-0.2, 0) is 11.3 Å². The van der Waals surface area contributed by atoms with Crippen LogP contribution < -0.4 is 11.3 Å². The van der Waals surface area contributed by atoms with E-state index in [0.717, 1.165) is 10.9 Å². The first-order chi connectivity index (χ1) is 11.3. The summed E-state index contributed by atoms with van der Waals surface area (Å²) in [6.45, 7) is 5.37. The number of amides is 1. The zero-order valence-electron chi connectivity index (χ0n) is 13.8. The fraction of sp³-hybridized carbons (Fsp3) is 0.471. The third-order valence-corrected chi connectivity index (χ3v) is 5.25. The maximum Gasteiger partial charge on any atom is 0.261 e. The molecule has 24 heavy (non-hydrogen) atoms. The minimum atomic E-state index is -0.206. The quantitative estimate of drug-likeness (QED) is 0.843. The van der Waals surface area contributed by atoms with Crippen molar-refractivity contribution in [1.82, 2.24) is 14.5 Å². The lowest BCUT2D eigenvalue weighted by molar-refractivity contribution is -0.135. The molecule has 1 atom stereocenters. The molecule has 1 aromatic carbocycles. The summed E-state index contributed by atoms with van der Waals surface area (Å²) in [6, 6.07) is 5.43. The molecule has 1 saturated heterocycles. The van der Waals surface area contributed by atoms with Crippen LogP contribution in [0.15, 0.2) is 33.8 Å². The molecule has 0 aliphatic carbocycles. The van der Waals surface area contributed by atoms with Crippen molar-refractivity contribution in [2.24, 2.45) is 11.1 Å². The topological polar surface area (TPSA) is 81.2 Å². The average Bonchev–Trinajstić information content (AvgIpc) is 2.53. The third kappa shape index (κ3) is 3.23. The maximum absolute atomic E-state index is 12.6. The van der Waals surface area contributed by atoms with Crippen LogP contribution in [0.5, 0.6) is 0 Å². The standard InChI is InChI=1S/C17H21BrN4O2/c1-17(2)9-21(6-5-14(17)19)15(23)8-22-10-20-13-4-3-11(18)7-12(13)16(22)24/h3-4,7,10,14H,5-6,8-9,19H2,1-2H3. The molecule has 1 unspecified atom stereocenters. The van der Waals surface area contributed by atoms with Gasteiger partial charge < -0.3 is 10.6 Å². The second kappa shape index (κ2) is 6.29. The molecule has 1 aliphatic rings. The van der Waals surface area contributed by atoms with Gasteiger partial charge in [-0.05, 0) is 30.0 Å². The molecule has 0 saturated carbocycles. The number of aromatic nitrogens is 2. The zero-order valence-corrected chi connectivity index (χ0v) is 15.4. The molecule has 2 aromatic rings. The van der Waals surface area contributed by atoms with E-state index in [-0.39, 0.29) is 29.5 Å². The molecule has 128 valence electrons. The van der Waals surface area contributed by atoms with Gasteiger partial charge in [-0.25, -0.2) is 4.98 Å². The third-order valence-electron chi connectivity index (χ3n) is 4.76. The zero-order chi connectivity index (χ0) is 17.5. The molecule has 1 amide bonds. The molecule has 6 nitrogen and oxygen atoms in total. The number of nitrogens with zero attached hydrogens (tertiary/aromatic N) is 3. The average molecular weight is 393 g/mol. The van der Waals surface area contributed by atoms with Crippen LogP contribution in [0.3, 0.4) is 0 Å². The Balaban J connectivity index is 1.83. The summed E-state index contributed by atoms with van der Waals surface area (Å²) in [6.07, 6.45) is 2.22. The number of hydrogen-bond acceptors (Lipinski definition) is 4. The number of rotatable bonds is 2. The fourth-order valence-electron chi connectivity index (χ4n) is 3.08. The lowest BCUT2D eigenvalue weighted by atomic mass is 9.79. The van der Waals surface area contributed by atoms with E-state index in [1.165, 1.54) is 10.9 Å². The van der Waals surface area contributed by atoms with Crippen LogP contribution in [0.4, 0.5) is 0 Å². The number of fused-ring (bicyclic) bond motifs is 1. The normalized spacial score (nSPS) is 20.3. The number of likely N-dealkylation sites (tertiary alicyclic amines) is 1. The predicted molar refractivity (Wildman–Crippen MR) is 96.7 cm³/mol. The van der Waals surface area contributed by atoms with E-state index >= 15 is 0 Å². The predicted octanol–water partition coefficient (Wildman–Crippen LogP) is 1.74. The molecule has 1 fully saturated rings. The van der Waals surface area contributed by atoms with Crippen LogP contribution in [-0.4, -0.2) is 39.5 Å². The van der Waals surface area contributed by atoms with Crippen LogP contribution in [0.1, 0.15) is 20.3 Å². The van der Waals surface area contributed by atoms with Crippen molar-refractivity contribution in [3.8, 4) is 0 Å². The molecule has 3 rings (SSSR count). The lowest BCUT2D eigenvalue weighted by Gasteiger charge is -2.42. The van der Waals surface area contributed by atoms with E-state index in [1.807, 2.05) is 6.07 Å². The first-order valence-electron chi connectivity index (χ1n) is 7.96. The van der Waals surface area contributed by atoms with Gasteiger partial charge in [-0.3, -0.25) is 14.2 Å². The monoisotopic (exact) mass is 392 g/mol. The Labute approximate surface area is 148 Å². The van der Waals surface area contributed by atoms with Crippen molar-refractivity contribution in [3.63, 3.8) is 0 Å². The number of carbonyl (C=O) groups excluding carboxylic acids is 1. The number of hydrogen-bond donors (Lipinski definition) is 1. The fourth-order valence-corrected chi connectivity index (χ4v) is 3.44. The molecule has 7 heteroatoms. The molecule has 1 aromatic heterocycles. The summed E-state index contributed by atoms with van der Waals surface area (Å²) in [5.41, 5.74) is 6.42. The van der Waals surface area contributed by atoms with Gasteiger partial charge in [0.15, 0.2) is 0 Å². The van der Waals surface area contributed by atoms with Crippen molar-refractivity contribution in [2.45, 2.75) is 32.9 Å². The number of benzene rings is 1. The Morgan fingerprint density at radius 3 is 2.92 bits per heavy atom. The number of halogens is 1. The summed E-state index contributed by atoms with van der Waals surface area (Å²) < 4.78 is 2.18. The summed E-state index contributed by atoms with van der Waals surface area (Å²) in [7, 11) is 0. The highest BCUT2D eigenvalue weighted by Gasteiger charge is 2.35. The molecule has 2 heterocycles. The highest BCUT2D eigenvalue weighted by molar-refractivity contribution is 9.10. The summed E-state index contributed by atoms with van der Waals surface area (Å²) >= 11 is 3.36. The Morgan fingerprint density at radius 1 is 1.46 bits per heavy atom. The largest absolute Gasteiger partial charge is 0.340 e. The van der Waals surface area contributed by atoms with Gasteiger partial charge in [0.2, 0.25) is 5.91 Å². The smallest absolute Gasteiger partial charge is 0.261 e. The Hall–Kier alpha value is -1.73. The summed E-state index contributed by atoms with van der Waals surface area (Å²) in [5, 5.41) is 0.501. The SMILES string of the molecule is CC1(C)CN(C(=O)Cn2cnc3ccc(Br)cc3c2=O)CCC1N. The molecular weight excluding hydrogens is 372 g/mol. The van der Waals surface area contributed by atoms with Crippen LogP contribution >= 0.6 is 15.9 Å². The van der Waals surface area contributed by atoms with Gasteiger partial charge in [-0.2, -0.15) is 0 Å². The Kier molecular flexibility index (Phi) is 4.48. The van der Waals surface area contributed by atoms with E-state index in [2.05, 4.69) is 34.8 Å². The van der Waals surface area contributed by atoms with E-state index in [0.29, 0.717) is 24.0 Å². The van der Waals surface area contributed by atoms with Crippen molar-refractivity contribution in [1.29, 1.82) is 0 Å². The van der Waals surface area contributed by atoms with Crippen molar-refractivity contribution in [3.05, 3.63) is 39.4 Å². The van der Waals surface area contributed by atoms with Gasteiger partial charge in [0, 0.05) is 23.6 Å². The summed E-state index contributed by atoms with van der Waals surface area (Å²) in [4.78, 5) is 31.3. The van der Waals surface area contributed by atoms with Gasteiger partial charge in [-0.15, -0.1) is 0 Å². The maximum atomic E-state index is 12.6.